The van der Waals surface area contributed by atoms with Crippen LogP contribution in [0.2, 0.25) is 0 Å². The zero-order chi connectivity index (χ0) is 23.5. The Bertz CT molecular complexity index is 1590. The van der Waals surface area contributed by atoms with Gasteiger partial charge in [-0.05, 0) is 30.3 Å². The zero-order valence-corrected chi connectivity index (χ0v) is 23.6. The third-order valence-electron chi connectivity index (χ3n) is 4.31. The van der Waals surface area contributed by atoms with Gasteiger partial charge in [0.1, 0.15) is 15.9 Å². The van der Waals surface area contributed by atoms with Gasteiger partial charge >= 0.3 is 69.7 Å². The van der Waals surface area contributed by atoms with E-state index < -0.39 is 31.4 Å². The Morgan fingerprint density at radius 3 is 2.26 bits per heavy atom. The normalized spacial score (nSPS) is 10.7. The Labute approximate surface area is 240 Å². The molecule has 0 aliphatic heterocycles. The van der Waals surface area contributed by atoms with E-state index in [-0.39, 0.29) is 81.3 Å². The van der Waals surface area contributed by atoms with Gasteiger partial charge in [-0.25, -0.2) is 8.42 Å². The Kier molecular flexibility index (Phi) is 11.3. The molecule has 0 fully saturated rings. The SMILES string of the molecule is Nc1ccc(N=Nc2ccc3cc[c-]cc3c2)c2cc(S(=O)(=O)[O-])cc(O)c12.O=S(=O)=O.[Na+].[Na+]. The van der Waals surface area contributed by atoms with Crippen molar-refractivity contribution in [3.8, 4) is 5.75 Å². The number of rotatable bonds is 3. The molecule has 0 amide bonds. The molecule has 0 aliphatic carbocycles. The molecule has 0 bridgehead atoms. The first kappa shape index (κ1) is 30.2. The summed E-state index contributed by atoms with van der Waals surface area (Å²) >= 11 is 0. The number of anilines is 1. The molecular formula is C20H13N3Na2O7S2. The molecule has 0 atom stereocenters. The topological polar surface area (TPSA) is 179 Å². The van der Waals surface area contributed by atoms with E-state index in [1.165, 1.54) is 12.1 Å². The van der Waals surface area contributed by atoms with Gasteiger partial charge in [0.2, 0.25) is 0 Å². The van der Waals surface area contributed by atoms with Crippen molar-refractivity contribution in [3.63, 3.8) is 0 Å². The minimum absolute atomic E-state index is 0. The van der Waals surface area contributed by atoms with E-state index in [0.29, 0.717) is 5.69 Å². The maximum absolute atomic E-state index is 11.4. The Hall–Kier alpha value is -1.87. The first-order valence-electron chi connectivity index (χ1n) is 8.66. The smallest absolute Gasteiger partial charge is 0.744 e. The summed E-state index contributed by atoms with van der Waals surface area (Å²) in [5.41, 5.74) is 6.96. The molecule has 0 saturated heterocycles. The average Bonchev–Trinajstić information content (AvgIpc) is 2.71. The molecular weight excluding hydrogens is 504 g/mol. The largest absolute Gasteiger partial charge is 1.00 e. The summed E-state index contributed by atoms with van der Waals surface area (Å²) in [6.07, 6.45) is 0. The van der Waals surface area contributed by atoms with Gasteiger partial charge in [-0.15, -0.1) is 28.5 Å². The van der Waals surface area contributed by atoms with Crippen LogP contribution < -0.4 is 64.8 Å². The molecule has 164 valence electrons. The number of hydrogen-bond donors (Lipinski definition) is 2. The van der Waals surface area contributed by atoms with Crippen molar-refractivity contribution >= 4 is 59.3 Å². The van der Waals surface area contributed by atoms with E-state index in [9.17, 15) is 18.1 Å². The van der Waals surface area contributed by atoms with Gasteiger partial charge < -0.3 is 15.4 Å². The minimum Gasteiger partial charge on any atom is -0.744 e. The molecule has 4 rings (SSSR count). The molecule has 4 aromatic rings. The van der Waals surface area contributed by atoms with Crippen LogP contribution in [0.15, 0.2) is 75.8 Å². The second-order valence-electron chi connectivity index (χ2n) is 6.35. The minimum atomic E-state index is -4.76. The van der Waals surface area contributed by atoms with E-state index in [4.69, 9.17) is 18.4 Å². The summed E-state index contributed by atoms with van der Waals surface area (Å²) in [5.74, 6) is -0.414. The number of nitrogens with zero attached hydrogens (tertiary/aromatic N) is 2. The van der Waals surface area contributed by atoms with Crippen LogP contribution >= 0.6 is 0 Å². The van der Waals surface area contributed by atoms with E-state index in [1.54, 1.807) is 6.07 Å². The fourth-order valence-corrected chi connectivity index (χ4v) is 3.49. The van der Waals surface area contributed by atoms with Crippen molar-refractivity contribution in [1.82, 2.24) is 0 Å². The number of aromatic hydroxyl groups is 1. The quantitative estimate of drug-likeness (QED) is 0.0976. The second kappa shape index (κ2) is 12.7. The molecule has 0 aromatic heterocycles. The standard InChI is InChI=1S/C20H14N3O4S.2Na.O3S/c21-17-7-8-18(16-10-15(28(25,26)27)11-19(24)20(16)17)23-22-14-6-5-12-3-1-2-4-13(12)9-14;;;1-4(2)3/h1,3-11,24H,21H2,(H,25,26,27);;;/q-1;2*+1;/p-1. The summed E-state index contributed by atoms with van der Waals surface area (Å²) in [7, 11) is -7.88. The van der Waals surface area contributed by atoms with E-state index in [1.807, 2.05) is 30.3 Å². The zero-order valence-electron chi connectivity index (χ0n) is 18.0. The summed E-state index contributed by atoms with van der Waals surface area (Å²) < 4.78 is 59.5. The van der Waals surface area contributed by atoms with Gasteiger partial charge in [0.15, 0.2) is 0 Å². The van der Waals surface area contributed by atoms with Crippen molar-refractivity contribution in [2.24, 2.45) is 10.2 Å². The maximum atomic E-state index is 11.4. The monoisotopic (exact) mass is 517 g/mol. The van der Waals surface area contributed by atoms with Crippen LogP contribution in [-0.4, -0.2) is 30.7 Å². The van der Waals surface area contributed by atoms with Crippen LogP contribution in [0.5, 0.6) is 5.75 Å². The number of nitrogens with two attached hydrogens (primary N) is 1. The molecule has 0 spiro atoms. The van der Waals surface area contributed by atoms with Gasteiger partial charge in [-0.2, -0.15) is 29.4 Å². The number of nitrogen functional groups attached to an aromatic ring is 1. The fourth-order valence-electron chi connectivity index (χ4n) is 2.97. The molecule has 0 unspecified atom stereocenters. The summed E-state index contributed by atoms with van der Waals surface area (Å²) in [4.78, 5) is -0.569. The van der Waals surface area contributed by atoms with E-state index in [2.05, 4.69) is 16.3 Å². The Balaban J connectivity index is 0.000000895. The van der Waals surface area contributed by atoms with Gasteiger partial charge in [-0.3, -0.25) is 0 Å². The predicted octanol–water partition coefficient (Wildman–Crippen LogP) is -2.60. The fraction of sp³-hybridized carbons (Fsp3) is 0. The van der Waals surface area contributed by atoms with Crippen molar-refractivity contribution in [2.45, 2.75) is 4.90 Å². The Morgan fingerprint density at radius 2 is 1.62 bits per heavy atom. The van der Waals surface area contributed by atoms with E-state index in [0.717, 1.165) is 22.9 Å². The Morgan fingerprint density at radius 1 is 0.941 bits per heavy atom. The molecule has 34 heavy (non-hydrogen) atoms. The molecule has 0 radical (unpaired) electrons. The molecule has 0 saturated carbocycles. The molecule has 3 N–H and O–H groups in total. The number of benzene rings is 4. The van der Waals surface area contributed by atoms with Crippen LogP contribution in [0.4, 0.5) is 17.1 Å². The number of phenolic OH excluding ortho intramolecular Hbond substituents is 1. The van der Waals surface area contributed by atoms with Crippen molar-refractivity contribution in [3.05, 3.63) is 66.7 Å². The van der Waals surface area contributed by atoms with E-state index >= 15 is 0 Å². The summed E-state index contributed by atoms with van der Waals surface area (Å²) in [5, 5.41) is 20.9. The van der Waals surface area contributed by atoms with Crippen molar-refractivity contribution in [2.75, 3.05) is 5.73 Å². The molecule has 0 heterocycles. The van der Waals surface area contributed by atoms with Gasteiger partial charge in [0.25, 0.3) is 0 Å². The first-order chi connectivity index (χ1) is 15.1. The number of phenols is 1. The number of hydrogen-bond acceptors (Lipinski definition) is 10. The maximum Gasteiger partial charge on any atom is 1.00 e. The van der Waals surface area contributed by atoms with Crippen molar-refractivity contribution < 1.29 is 89.8 Å². The summed E-state index contributed by atoms with van der Waals surface area (Å²) in [6.45, 7) is 0. The average molecular weight is 517 g/mol. The van der Waals surface area contributed by atoms with Crippen molar-refractivity contribution in [1.29, 1.82) is 0 Å². The van der Waals surface area contributed by atoms with Gasteiger partial charge in [0, 0.05) is 16.5 Å². The third kappa shape index (κ3) is 7.57. The van der Waals surface area contributed by atoms with Crippen LogP contribution in [0.3, 0.4) is 0 Å². The summed E-state index contributed by atoms with van der Waals surface area (Å²) in [6, 6.07) is 19.2. The van der Waals surface area contributed by atoms with Gasteiger partial charge in [-0.1, -0.05) is 12.1 Å². The second-order valence-corrected chi connectivity index (χ2v) is 8.14. The van der Waals surface area contributed by atoms with Crippen LogP contribution in [0.1, 0.15) is 0 Å². The number of azo groups is 1. The first-order valence-corrected chi connectivity index (χ1v) is 11.1. The molecule has 14 heteroatoms. The van der Waals surface area contributed by atoms with Gasteiger partial charge in [0.05, 0.1) is 16.3 Å². The van der Waals surface area contributed by atoms with Crippen LogP contribution in [-0.2, 0) is 20.7 Å². The third-order valence-corrected chi connectivity index (χ3v) is 5.12. The predicted molar refractivity (Wildman–Crippen MR) is 115 cm³/mol. The molecule has 4 aromatic carbocycles. The van der Waals surface area contributed by atoms with Crippen LogP contribution in [0.25, 0.3) is 21.5 Å². The number of fused-ring (bicyclic) bond motifs is 2. The molecule has 10 nitrogen and oxygen atoms in total. The molecule has 0 aliphatic rings. The van der Waals surface area contributed by atoms with Crippen LogP contribution in [0, 0.1) is 6.07 Å².